The Morgan fingerprint density at radius 3 is 2.94 bits per heavy atom. The first-order valence-corrected chi connectivity index (χ1v) is 4.91. The minimum atomic E-state index is -0.485. The minimum absolute atomic E-state index is 0.244. The number of hydrogen-bond acceptors (Lipinski definition) is 3. The molecule has 0 fully saturated rings. The van der Waals surface area contributed by atoms with Gasteiger partial charge < -0.3 is 15.0 Å². The Bertz CT molecular complexity index is 393. The minimum Gasteiger partial charge on any atom is -0.444 e. The van der Waals surface area contributed by atoms with Gasteiger partial charge in [0.2, 0.25) is 0 Å². The number of amides is 1. The molecule has 0 radical (unpaired) electrons. The van der Waals surface area contributed by atoms with Crippen LogP contribution in [0.15, 0.2) is 12.5 Å². The Labute approximate surface area is 94.6 Å². The Hall–Kier alpha value is -1.96. The summed E-state index contributed by atoms with van der Waals surface area (Å²) in [4.78, 5) is 17.8. The van der Waals surface area contributed by atoms with Crippen molar-refractivity contribution in [2.75, 3.05) is 6.54 Å². The molecule has 5 heteroatoms. The second-order valence-electron chi connectivity index (χ2n) is 4.12. The zero-order valence-corrected chi connectivity index (χ0v) is 9.63. The van der Waals surface area contributed by atoms with Gasteiger partial charge in [0, 0.05) is 0 Å². The fourth-order valence-corrected chi connectivity index (χ4v) is 0.894. The number of aromatic amines is 1. The van der Waals surface area contributed by atoms with Gasteiger partial charge in [0.25, 0.3) is 0 Å². The number of nitrogens with one attached hydrogen (secondary N) is 2. The number of ether oxygens (including phenoxy) is 1. The van der Waals surface area contributed by atoms with Gasteiger partial charge in [-0.2, -0.15) is 0 Å². The average Bonchev–Trinajstić information content (AvgIpc) is 2.62. The third kappa shape index (κ3) is 5.05. The van der Waals surface area contributed by atoms with Crippen LogP contribution in [0.5, 0.6) is 0 Å². The molecule has 0 aliphatic heterocycles. The Kier molecular flexibility index (Phi) is 3.95. The first-order valence-electron chi connectivity index (χ1n) is 4.91. The molecule has 1 amide bonds. The fraction of sp³-hybridized carbons (Fsp3) is 0.455. The van der Waals surface area contributed by atoms with Crippen LogP contribution < -0.4 is 5.32 Å². The van der Waals surface area contributed by atoms with Gasteiger partial charge in [-0.3, -0.25) is 0 Å². The van der Waals surface area contributed by atoms with E-state index in [4.69, 9.17) is 4.74 Å². The second kappa shape index (κ2) is 5.21. The number of aromatic nitrogens is 2. The summed E-state index contributed by atoms with van der Waals surface area (Å²) in [5.41, 5.74) is 0.229. The van der Waals surface area contributed by atoms with Crippen LogP contribution in [-0.2, 0) is 4.74 Å². The van der Waals surface area contributed by atoms with Crippen molar-refractivity contribution in [2.24, 2.45) is 0 Å². The standard InChI is InChI=1S/C11H15N3O2/c1-11(2,3)16-10(15)13-6-4-5-9-7-12-8-14-9/h7-8H,6H2,1-3H3,(H,12,14)(H,13,15). The lowest BCUT2D eigenvalue weighted by Crippen LogP contribution is -2.32. The van der Waals surface area contributed by atoms with Gasteiger partial charge in [-0.1, -0.05) is 5.92 Å². The molecule has 1 aromatic rings. The number of carbonyl (C=O) groups excluding carboxylic acids is 1. The monoisotopic (exact) mass is 221 g/mol. The fourth-order valence-electron chi connectivity index (χ4n) is 0.894. The van der Waals surface area contributed by atoms with Gasteiger partial charge in [0.15, 0.2) is 0 Å². The lowest BCUT2D eigenvalue weighted by Gasteiger charge is -2.18. The molecule has 16 heavy (non-hydrogen) atoms. The Balaban J connectivity index is 2.28. The molecule has 1 heterocycles. The predicted molar refractivity (Wildman–Crippen MR) is 59.7 cm³/mol. The van der Waals surface area contributed by atoms with E-state index in [0.717, 1.165) is 0 Å². The van der Waals surface area contributed by atoms with E-state index in [9.17, 15) is 4.79 Å². The van der Waals surface area contributed by atoms with E-state index in [1.54, 1.807) is 12.5 Å². The normalized spacial score (nSPS) is 10.2. The van der Waals surface area contributed by atoms with Crippen molar-refractivity contribution in [3.05, 3.63) is 18.2 Å². The van der Waals surface area contributed by atoms with Crippen LogP contribution in [0, 0.1) is 11.8 Å². The molecule has 0 saturated heterocycles. The van der Waals surface area contributed by atoms with Crippen molar-refractivity contribution in [3.8, 4) is 11.8 Å². The lowest BCUT2D eigenvalue weighted by atomic mass is 10.2. The Morgan fingerprint density at radius 1 is 1.62 bits per heavy atom. The van der Waals surface area contributed by atoms with Crippen LogP contribution in [0.4, 0.5) is 4.79 Å². The molecule has 0 aliphatic carbocycles. The molecule has 86 valence electrons. The molecule has 0 bridgehead atoms. The highest BCUT2D eigenvalue weighted by molar-refractivity contribution is 5.68. The summed E-state index contributed by atoms with van der Waals surface area (Å²) in [5, 5.41) is 2.53. The van der Waals surface area contributed by atoms with Gasteiger partial charge >= 0.3 is 6.09 Å². The molecule has 2 N–H and O–H groups in total. The highest BCUT2D eigenvalue weighted by atomic mass is 16.6. The smallest absolute Gasteiger partial charge is 0.408 e. The maximum absolute atomic E-state index is 11.2. The predicted octanol–water partition coefficient (Wildman–Crippen LogP) is 1.29. The highest BCUT2D eigenvalue weighted by Crippen LogP contribution is 2.05. The van der Waals surface area contributed by atoms with Crippen LogP contribution in [0.25, 0.3) is 0 Å². The van der Waals surface area contributed by atoms with Crippen LogP contribution in [0.1, 0.15) is 26.5 Å². The molecule has 5 nitrogen and oxygen atoms in total. The number of hydrogen-bond donors (Lipinski definition) is 2. The molecule has 0 spiro atoms. The highest BCUT2D eigenvalue weighted by Gasteiger charge is 2.14. The molecule has 0 aromatic carbocycles. The van der Waals surface area contributed by atoms with Gasteiger partial charge in [-0.15, -0.1) is 0 Å². The van der Waals surface area contributed by atoms with Gasteiger partial charge in [0.1, 0.15) is 11.3 Å². The number of alkyl carbamates (subject to hydrolysis) is 1. The average molecular weight is 221 g/mol. The molecule has 0 aliphatic rings. The molecule has 0 unspecified atom stereocenters. The molecular formula is C11H15N3O2. The van der Waals surface area contributed by atoms with Crippen molar-refractivity contribution < 1.29 is 9.53 Å². The van der Waals surface area contributed by atoms with Crippen molar-refractivity contribution in [2.45, 2.75) is 26.4 Å². The number of imidazole rings is 1. The van der Waals surface area contributed by atoms with Crippen molar-refractivity contribution in [1.82, 2.24) is 15.3 Å². The summed E-state index contributed by atoms with van der Waals surface area (Å²) >= 11 is 0. The van der Waals surface area contributed by atoms with Crippen molar-refractivity contribution >= 4 is 6.09 Å². The van der Waals surface area contributed by atoms with Crippen LogP contribution in [-0.4, -0.2) is 28.2 Å². The van der Waals surface area contributed by atoms with Crippen LogP contribution >= 0.6 is 0 Å². The van der Waals surface area contributed by atoms with E-state index in [-0.39, 0.29) is 6.54 Å². The van der Waals surface area contributed by atoms with E-state index >= 15 is 0 Å². The first kappa shape index (κ1) is 12.1. The number of rotatable bonds is 1. The molecule has 1 aromatic heterocycles. The van der Waals surface area contributed by atoms with E-state index in [1.165, 1.54) is 0 Å². The van der Waals surface area contributed by atoms with Crippen LogP contribution in [0.3, 0.4) is 0 Å². The van der Waals surface area contributed by atoms with Gasteiger partial charge in [-0.05, 0) is 26.7 Å². The van der Waals surface area contributed by atoms with Gasteiger partial charge in [-0.25, -0.2) is 9.78 Å². The number of carbonyl (C=O) groups is 1. The number of nitrogens with zero attached hydrogens (tertiary/aromatic N) is 1. The summed E-state index contributed by atoms with van der Waals surface area (Å²) in [5.74, 6) is 5.58. The zero-order chi connectivity index (χ0) is 12.0. The molecule has 0 saturated carbocycles. The molecule has 1 rings (SSSR count). The van der Waals surface area contributed by atoms with Gasteiger partial charge in [0.05, 0.1) is 19.1 Å². The summed E-state index contributed by atoms with van der Waals surface area (Å²) in [6, 6.07) is 0. The van der Waals surface area contributed by atoms with E-state index in [2.05, 4.69) is 27.1 Å². The Morgan fingerprint density at radius 2 is 2.38 bits per heavy atom. The quantitative estimate of drug-likeness (QED) is 0.702. The maximum atomic E-state index is 11.2. The summed E-state index contributed by atoms with van der Waals surface area (Å²) in [6.45, 7) is 5.67. The largest absolute Gasteiger partial charge is 0.444 e. The van der Waals surface area contributed by atoms with E-state index in [0.29, 0.717) is 5.69 Å². The topological polar surface area (TPSA) is 67.0 Å². The zero-order valence-electron chi connectivity index (χ0n) is 9.63. The van der Waals surface area contributed by atoms with E-state index < -0.39 is 11.7 Å². The second-order valence-corrected chi connectivity index (χ2v) is 4.12. The SMILES string of the molecule is CC(C)(C)OC(=O)NCC#Cc1cnc[nH]1. The summed E-state index contributed by atoms with van der Waals surface area (Å²) in [7, 11) is 0. The third-order valence-corrected chi connectivity index (χ3v) is 1.44. The first-order chi connectivity index (χ1) is 7.47. The maximum Gasteiger partial charge on any atom is 0.408 e. The van der Waals surface area contributed by atoms with E-state index in [1.807, 2.05) is 20.8 Å². The lowest BCUT2D eigenvalue weighted by molar-refractivity contribution is 0.0535. The van der Waals surface area contributed by atoms with Crippen LogP contribution in [0.2, 0.25) is 0 Å². The molecular weight excluding hydrogens is 206 g/mol. The molecule has 0 atom stereocenters. The number of H-pyrrole nitrogens is 1. The summed E-state index contributed by atoms with van der Waals surface area (Å²) < 4.78 is 5.04. The summed E-state index contributed by atoms with van der Waals surface area (Å²) in [6.07, 6.45) is 2.69. The third-order valence-electron chi connectivity index (χ3n) is 1.44. The van der Waals surface area contributed by atoms with Crippen molar-refractivity contribution in [1.29, 1.82) is 0 Å². The van der Waals surface area contributed by atoms with Crippen molar-refractivity contribution in [3.63, 3.8) is 0 Å².